The summed E-state index contributed by atoms with van der Waals surface area (Å²) in [5.41, 5.74) is 18.2. The van der Waals surface area contributed by atoms with E-state index >= 15 is 0 Å². The van der Waals surface area contributed by atoms with Crippen molar-refractivity contribution in [3.63, 3.8) is 0 Å². The van der Waals surface area contributed by atoms with Gasteiger partial charge in [-0.05, 0) is 81.7 Å². The summed E-state index contributed by atoms with van der Waals surface area (Å²) in [5.74, 6) is 0. The molecule has 37 heavy (non-hydrogen) atoms. The van der Waals surface area contributed by atoms with Gasteiger partial charge in [-0.1, -0.05) is 68.1 Å². The molecule has 0 fully saturated rings. The largest absolute Gasteiger partial charge is 2.00 e. The Labute approximate surface area is 231 Å². The van der Waals surface area contributed by atoms with Crippen LogP contribution in [0.4, 0.5) is 0 Å². The number of fused-ring (bicyclic) bond motifs is 8. The molecule has 0 atom stereocenters. The van der Waals surface area contributed by atoms with Crippen molar-refractivity contribution in [1.29, 1.82) is 0 Å². The minimum Gasteiger partial charge on any atom is -0.657 e. The molecule has 5 heteroatoms. The van der Waals surface area contributed by atoms with Crippen LogP contribution in [0.3, 0.4) is 0 Å². The van der Waals surface area contributed by atoms with E-state index in [1.54, 1.807) is 0 Å². The Bertz CT molecular complexity index is 1610. The van der Waals surface area contributed by atoms with Crippen LogP contribution in [0.2, 0.25) is 0 Å². The molecule has 0 saturated carbocycles. The number of rotatable bonds is 4. The molecule has 0 spiro atoms. The molecule has 2 aliphatic heterocycles. The zero-order chi connectivity index (χ0) is 25.7. The van der Waals surface area contributed by atoms with Crippen LogP contribution in [-0.2, 0) is 29.6 Å². The summed E-state index contributed by atoms with van der Waals surface area (Å²) >= 11 is 0. The van der Waals surface area contributed by atoms with E-state index in [0.717, 1.165) is 70.5 Å². The molecular weight excluding hydrogens is 499 g/mol. The molecule has 0 amide bonds. The maximum absolute atomic E-state index is 5.11. The van der Waals surface area contributed by atoms with Gasteiger partial charge in [0.25, 0.3) is 0 Å². The number of hydrogen-bond acceptors (Lipinski definition) is 2. The number of allylic oxidation sites excluding steroid dienone is 4. The number of aryl methyl sites for hydroxylation is 4. The predicted octanol–water partition coefficient (Wildman–Crippen LogP) is 7.99. The van der Waals surface area contributed by atoms with Crippen LogP contribution in [0.5, 0.6) is 0 Å². The Morgan fingerprint density at radius 2 is 0.919 bits per heavy atom. The molecule has 0 unspecified atom stereocenters. The van der Waals surface area contributed by atoms with E-state index in [4.69, 9.17) is 19.9 Å². The zero-order valence-electron chi connectivity index (χ0n) is 23.3. The van der Waals surface area contributed by atoms with Crippen molar-refractivity contribution in [3.05, 3.63) is 69.3 Å². The Morgan fingerprint density at radius 1 is 0.514 bits per heavy atom. The first-order chi connectivity index (χ1) is 17.3. The van der Waals surface area contributed by atoms with E-state index < -0.39 is 0 Å². The number of aromatic nitrogens is 4. The molecule has 4 nitrogen and oxygen atoms in total. The van der Waals surface area contributed by atoms with Gasteiger partial charge in [-0.2, -0.15) is 0 Å². The second kappa shape index (κ2) is 10.5. The third-order valence-corrected chi connectivity index (χ3v) is 8.06. The Balaban J connectivity index is 0.00000320. The van der Waals surface area contributed by atoms with E-state index in [1.165, 1.54) is 44.5 Å². The van der Waals surface area contributed by atoms with Gasteiger partial charge in [0.05, 0.1) is 22.8 Å². The summed E-state index contributed by atoms with van der Waals surface area (Å²) in [7, 11) is 0. The van der Waals surface area contributed by atoms with Gasteiger partial charge in [-0.25, -0.2) is 9.97 Å². The zero-order valence-corrected chi connectivity index (χ0v) is 24.3. The Hall–Kier alpha value is -2.89. The third kappa shape index (κ3) is 4.42. The molecule has 0 aromatic carbocycles. The first-order valence-electron chi connectivity index (χ1n) is 13.3. The van der Waals surface area contributed by atoms with Crippen molar-refractivity contribution in [2.45, 2.75) is 81.1 Å². The number of nitrogens with zero attached hydrogens (tertiary/aromatic N) is 4. The topological polar surface area (TPSA) is 54.0 Å². The molecule has 1 radical (unpaired) electrons. The van der Waals surface area contributed by atoms with E-state index in [-0.39, 0.29) is 16.8 Å². The van der Waals surface area contributed by atoms with Gasteiger partial charge in [-0.3, -0.25) is 0 Å². The van der Waals surface area contributed by atoms with E-state index in [2.05, 4.69) is 79.7 Å². The summed E-state index contributed by atoms with van der Waals surface area (Å²) in [6.45, 7) is 17.6. The first kappa shape index (κ1) is 27.1. The molecule has 0 aliphatic carbocycles. The van der Waals surface area contributed by atoms with Crippen LogP contribution in [0.1, 0.15) is 99.4 Å². The van der Waals surface area contributed by atoms with Gasteiger partial charge >= 0.3 is 16.8 Å². The summed E-state index contributed by atoms with van der Waals surface area (Å²) in [6, 6.07) is 8.72. The summed E-state index contributed by atoms with van der Waals surface area (Å²) in [5, 5.41) is 0. The fourth-order valence-corrected chi connectivity index (χ4v) is 5.85. The summed E-state index contributed by atoms with van der Waals surface area (Å²) < 4.78 is 0. The maximum Gasteiger partial charge on any atom is 2.00 e. The van der Waals surface area contributed by atoms with Crippen molar-refractivity contribution in [2.24, 2.45) is 0 Å². The molecule has 193 valence electrons. The molecule has 5 rings (SSSR count). The molecule has 2 aliphatic rings. The smallest absolute Gasteiger partial charge is 0.657 e. The molecule has 5 heterocycles. The monoisotopic (exact) mass is 535 g/mol. The second-order valence-electron chi connectivity index (χ2n) is 9.93. The molecule has 0 N–H and O–H groups in total. The van der Waals surface area contributed by atoms with Crippen LogP contribution in [0, 0.1) is 13.8 Å². The van der Waals surface area contributed by atoms with E-state index in [0.29, 0.717) is 0 Å². The maximum atomic E-state index is 5.11. The first-order valence-corrected chi connectivity index (χ1v) is 13.3. The molecular formula is C32H36CoN4. The van der Waals surface area contributed by atoms with Gasteiger partial charge in [0.15, 0.2) is 0 Å². The molecule has 0 saturated heterocycles. The summed E-state index contributed by atoms with van der Waals surface area (Å²) in [4.78, 5) is 20.4. The fraction of sp³-hybridized carbons (Fsp3) is 0.375. The van der Waals surface area contributed by atoms with E-state index in [1.807, 2.05) is 0 Å². The quantitative estimate of drug-likeness (QED) is 0.340. The average Bonchev–Trinajstić information content (AvgIpc) is 3.51. The van der Waals surface area contributed by atoms with E-state index in [9.17, 15) is 0 Å². The van der Waals surface area contributed by atoms with Gasteiger partial charge in [0.1, 0.15) is 0 Å². The minimum atomic E-state index is 0. The number of hydrogen-bond donors (Lipinski definition) is 0. The van der Waals surface area contributed by atoms with Crippen molar-refractivity contribution in [3.8, 4) is 0 Å². The molecule has 8 bridgehead atoms. The van der Waals surface area contributed by atoms with Crippen molar-refractivity contribution in [2.75, 3.05) is 0 Å². The standard InChI is InChI=1S/C32H36N4.Co/c1-9-21-17(5)25-14-30-23(11-3)19(7)27(35-30)16-32-24(12-4)20(8)28(36-32)15-31-22(10-2)18(6)26(34-31)13-29(21)33-25;/h13-16H,9-12H2,1-8H3;/q-2;+2. The van der Waals surface area contributed by atoms with Crippen molar-refractivity contribution in [1.82, 2.24) is 19.9 Å². The molecule has 3 aromatic heterocycles. The van der Waals surface area contributed by atoms with Crippen molar-refractivity contribution >= 4 is 44.4 Å². The average molecular weight is 536 g/mol. The minimum absolute atomic E-state index is 0. The van der Waals surface area contributed by atoms with Crippen LogP contribution in [0.15, 0.2) is 24.3 Å². The SMILES string of the molecule is CCC1=C(C)c2cc3[n-]c(cc4[n-]c(cc5nc(cc1n2)C(C)=C5CC)c(C)c4CC)c(C)c3CC.[Co+2]. The Kier molecular flexibility index (Phi) is 7.68. The second-order valence-corrected chi connectivity index (χ2v) is 9.93. The predicted molar refractivity (Wildman–Crippen MR) is 153 cm³/mol. The van der Waals surface area contributed by atoms with Gasteiger partial charge < -0.3 is 9.97 Å². The normalized spacial score (nSPS) is 13.4. The van der Waals surface area contributed by atoms with Crippen LogP contribution in [-0.4, -0.2) is 9.97 Å². The van der Waals surface area contributed by atoms with Crippen LogP contribution >= 0.6 is 0 Å². The molecule has 3 aromatic rings. The Morgan fingerprint density at radius 3 is 1.41 bits per heavy atom. The fourth-order valence-electron chi connectivity index (χ4n) is 5.85. The van der Waals surface area contributed by atoms with Gasteiger partial charge in [0, 0.05) is 0 Å². The summed E-state index contributed by atoms with van der Waals surface area (Å²) in [6.07, 6.45) is 3.74. The van der Waals surface area contributed by atoms with Crippen molar-refractivity contribution < 1.29 is 16.8 Å². The van der Waals surface area contributed by atoms with Crippen LogP contribution < -0.4 is 9.97 Å². The van der Waals surface area contributed by atoms with Gasteiger partial charge in [0.2, 0.25) is 0 Å². The third-order valence-electron chi connectivity index (χ3n) is 8.06. The van der Waals surface area contributed by atoms with Gasteiger partial charge in [-0.15, -0.1) is 22.1 Å². The van der Waals surface area contributed by atoms with Crippen LogP contribution in [0.25, 0.3) is 44.4 Å².